The molecule has 2 nitrogen and oxygen atoms in total. The summed E-state index contributed by atoms with van der Waals surface area (Å²) in [6.45, 7) is 0.589. The SMILES string of the molecule is S=C1NC(Cc2ccc3ccccc3c2)(Cc2ccc3ccccc3c2)CO1. The van der Waals surface area contributed by atoms with Crippen molar-refractivity contribution < 1.29 is 4.74 Å². The first-order valence-electron chi connectivity index (χ1n) is 9.60. The number of ether oxygens (including phenoxy) is 1. The van der Waals surface area contributed by atoms with Crippen LogP contribution < -0.4 is 5.32 Å². The minimum Gasteiger partial charge on any atom is -0.469 e. The Kier molecular flexibility index (Phi) is 4.25. The van der Waals surface area contributed by atoms with Crippen molar-refractivity contribution in [3.8, 4) is 0 Å². The van der Waals surface area contributed by atoms with Crippen LogP contribution in [0.25, 0.3) is 21.5 Å². The van der Waals surface area contributed by atoms with Crippen molar-refractivity contribution in [2.24, 2.45) is 0 Å². The van der Waals surface area contributed by atoms with Crippen molar-refractivity contribution in [1.29, 1.82) is 0 Å². The van der Waals surface area contributed by atoms with Gasteiger partial charge in [-0.2, -0.15) is 0 Å². The molecule has 0 unspecified atom stereocenters. The molecule has 0 atom stereocenters. The topological polar surface area (TPSA) is 21.3 Å². The van der Waals surface area contributed by atoms with Crippen molar-refractivity contribution in [3.63, 3.8) is 0 Å². The summed E-state index contributed by atoms with van der Waals surface area (Å²) in [6.07, 6.45) is 1.73. The lowest BCUT2D eigenvalue weighted by atomic mass is 9.85. The maximum Gasteiger partial charge on any atom is 0.257 e. The molecule has 1 N–H and O–H groups in total. The van der Waals surface area contributed by atoms with Gasteiger partial charge in [-0.25, -0.2) is 0 Å². The van der Waals surface area contributed by atoms with Gasteiger partial charge in [-0.05, 0) is 57.7 Å². The Balaban J connectivity index is 1.48. The number of hydrogen-bond acceptors (Lipinski definition) is 2. The molecule has 0 aromatic heterocycles. The predicted octanol–water partition coefficient (Wildman–Crippen LogP) is 5.42. The van der Waals surface area contributed by atoms with E-state index in [0.717, 1.165) is 12.8 Å². The van der Waals surface area contributed by atoms with Crippen LogP contribution in [0.2, 0.25) is 0 Å². The fourth-order valence-corrected chi connectivity index (χ4v) is 4.50. The second-order valence-electron chi connectivity index (χ2n) is 7.70. The largest absolute Gasteiger partial charge is 0.469 e. The highest BCUT2D eigenvalue weighted by Gasteiger charge is 2.38. The van der Waals surface area contributed by atoms with Crippen LogP contribution in [0, 0.1) is 0 Å². The van der Waals surface area contributed by atoms with Crippen LogP contribution in [0.3, 0.4) is 0 Å². The Morgan fingerprint density at radius 1 is 0.714 bits per heavy atom. The van der Waals surface area contributed by atoms with Gasteiger partial charge in [0.05, 0.1) is 5.54 Å². The Morgan fingerprint density at radius 3 is 1.68 bits per heavy atom. The lowest BCUT2D eigenvalue weighted by molar-refractivity contribution is 0.260. The van der Waals surface area contributed by atoms with Crippen LogP contribution in [0.1, 0.15) is 11.1 Å². The summed E-state index contributed by atoms with van der Waals surface area (Å²) in [4.78, 5) is 0. The first kappa shape index (κ1) is 17.2. The number of benzene rings is 4. The number of hydrogen-bond donors (Lipinski definition) is 1. The summed E-state index contributed by atoms with van der Waals surface area (Å²) in [5, 5.41) is 9.03. The van der Waals surface area contributed by atoms with Gasteiger partial charge in [-0.15, -0.1) is 0 Å². The molecule has 138 valence electrons. The Morgan fingerprint density at radius 2 is 1.21 bits per heavy atom. The number of fused-ring (bicyclic) bond motifs is 2. The summed E-state index contributed by atoms with van der Waals surface area (Å²) in [5.41, 5.74) is 2.36. The van der Waals surface area contributed by atoms with E-state index in [1.807, 2.05) is 0 Å². The fraction of sp³-hybridized carbons (Fsp3) is 0.160. The van der Waals surface area contributed by atoms with Crippen LogP contribution >= 0.6 is 12.2 Å². The molecule has 5 rings (SSSR count). The van der Waals surface area contributed by atoms with E-state index in [1.165, 1.54) is 32.7 Å². The van der Waals surface area contributed by atoms with E-state index in [1.54, 1.807) is 0 Å². The minimum absolute atomic E-state index is 0.220. The van der Waals surface area contributed by atoms with Gasteiger partial charge in [-0.1, -0.05) is 84.9 Å². The molecular formula is C25H21NOS. The quantitative estimate of drug-likeness (QED) is 0.475. The summed E-state index contributed by atoms with van der Waals surface area (Å²) in [7, 11) is 0. The van der Waals surface area contributed by atoms with E-state index in [-0.39, 0.29) is 5.54 Å². The first-order valence-corrected chi connectivity index (χ1v) is 10.0. The van der Waals surface area contributed by atoms with E-state index in [4.69, 9.17) is 17.0 Å². The van der Waals surface area contributed by atoms with Gasteiger partial charge >= 0.3 is 0 Å². The zero-order chi connectivity index (χ0) is 19.0. The highest BCUT2D eigenvalue weighted by Crippen LogP contribution is 2.27. The molecule has 0 spiro atoms. The molecule has 0 radical (unpaired) electrons. The lowest BCUT2D eigenvalue weighted by Gasteiger charge is -2.28. The third-order valence-corrected chi connectivity index (χ3v) is 5.78. The number of rotatable bonds is 4. The molecule has 1 aliphatic heterocycles. The van der Waals surface area contributed by atoms with E-state index in [9.17, 15) is 0 Å². The molecule has 1 aliphatic rings. The summed E-state index contributed by atoms with van der Waals surface area (Å²) < 4.78 is 5.71. The van der Waals surface area contributed by atoms with Gasteiger partial charge in [0.15, 0.2) is 0 Å². The van der Waals surface area contributed by atoms with E-state index in [2.05, 4.69) is 90.2 Å². The van der Waals surface area contributed by atoms with Crippen molar-refractivity contribution in [1.82, 2.24) is 5.32 Å². The van der Waals surface area contributed by atoms with Crippen molar-refractivity contribution in [2.75, 3.05) is 6.61 Å². The van der Waals surface area contributed by atoms with Crippen molar-refractivity contribution >= 4 is 38.9 Å². The van der Waals surface area contributed by atoms with E-state index >= 15 is 0 Å². The van der Waals surface area contributed by atoms with Crippen LogP contribution in [0.4, 0.5) is 0 Å². The van der Waals surface area contributed by atoms with Gasteiger partial charge in [-0.3, -0.25) is 0 Å². The highest BCUT2D eigenvalue weighted by molar-refractivity contribution is 7.80. The molecule has 0 aliphatic carbocycles. The third kappa shape index (κ3) is 3.34. The van der Waals surface area contributed by atoms with Crippen LogP contribution in [-0.2, 0) is 17.6 Å². The monoisotopic (exact) mass is 383 g/mol. The summed E-state index contributed by atoms with van der Waals surface area (Å²) in [6, 6.07) is 30.3. The minimum atomic E-state index is -0.220. The molecule has 1 saturated heterocycles. The maximum atomic E-state index is 5.71. The highest BCUT2D eigenvalue weighted by atomic mass is 32.1. The van der Waals surface area contributed by atoms with E-state index in [0.29, 0.717) is 11.8 Å². The van der Waals surface area contributed by atoms with Gasteiger partial charge in [0.25, 0.3) is 5.17 Å². The average Bonchev–Trinajstić information content (AvgIpc) is 3.07. The van der Waals surface area contributed by atoms with Gasteiger partial charge in [0.2, 0.25) is 0 Å². The molecule has 28 heavy (non-hydrogen) atoms. The molecular weight excluding hydrogens is 362 g/mol. The molecule has 4 aromatic carbocycles. The molecule has 0 amide bonds. The van der Waals surface area contributed by atoms with Crippen LogP contribution in [0.15, 0.2) is 84.9 Å². The fourth-order valence-electron chi connectivity index (χ4n) is 4.22. The number of nitrogens with one attached hydrogen (secondary N) is 1. The first-order chi connectivity index (χ1) is 13.7. The van der Waals surface area contributed by atoms with Crippen molar-refractivity contribution in [2.45, 2.75) is 18.4 Å². The Bertz CT molecular complexity index is 1100. The second-order valence-corrected chi connectivity index (χ2v) is 8.07. The standard InChI is InChI=1S/C25H21NOS/c28-24-26-25(17-27-24,15-18-9-11-20-5-1-3-7-22(20)13-18)16-19-10-12-21-6-2-4-8-23(21)14-19/h1-14H,15-17H2,(H,26,28). The molecule has 0 saturated carbocycles. The third-order valence-electron chi connectivity index (χ3n) is 5.56. The smallest absolute Gasteiger partial charge is 0.257 e. The van der Waals surface area contributed by atoms with Crippen LogP contribution in [-0.4, -0.2) is 17.3 Å². The summed E-state index contributed by atoms with van der Waals surface area (Å²) in [5.74, 6) is 0. The van der Waals surface area contributed by atoms with Gasteiger partial charge < -0.3 is 10.1 Å². The number of thiocarbonyl (C=S) groups is 1. The molecule has 1 heterocycles. The van der Waals surface area contributed by atoms with E-state index < -0.39 is 0 Å². The molecule has 3 heteroatoms. The Labute approximate surface area is 170 Å². The van der Waals surface area contributed by atoms with Gasteiger partial charge in [0.1, 0.15) is 6.61 Å². The zero-order valence-electron chi connectivity index (χ0n) is 15.5. The predicted molar refractivity (Wildman–Crippen MR) is 120 cm³/mol. The molecule has 4 aromatic rings. The van der Waals surface area contributed by atoms with Crippen molar-refractivity contribution in [3.05, 3.63) is 96.1 Å². The second kappa shape index (κ2) is 6.92. The average molecular weight is 384 g/mol. The summed E-state index contributed by atoms with van der Waals surface area (Å²) >= 11 is 5.32. The molecule has 1 fully saturated rings. The lowest BCUT2D eigenvalue weighted by Crippen LogP contribution is -2.47. The van der Waals surface area contributed by atoms with Crippen LogP contribution in [0.5, 0.6) is 0 Å². The van der Waals surface area contributed by atoms with Gasteiger partial charge in [0, 0.05) is 0 Å². The Hall–Kier alpha value is -2.91. The maximum absolute atomic E-state index is 5.71. The molecule has 0 bridgehead atoms. The zero-order valence-corrected chi connectivity index (χ0v) is 16.3. The normalized spacial score (nSPS) is 15.5.